The van der Waals surface area contributed by atoms with Crippen LogP contribution in [0.1, 0.15) is 13.8 Å². The minimum absolute atomic E-state index is 0.0262. The summed E-state index contributed by atoms with van der Waals surface area (Å²) in [5, 5.41) is 20.4. The van der Waals surface area contributed by atoms with E-state index in [4.69, 9.17) is 5.73 Å². The fraction of sp³-hybridized carbons (Fsp3) is 0.556. The van der Waals surface area contributed by atoms with Gasteiger partial charge < -0.3 is 5.11 Å². The number of aliphatic hydroxyl groups is 1. The lowest BCUT2D eigenvalue weighted by Crippen LogP contribution is -2.55. The first kappa shape index (κ1) is 10.7. The van der Waals surface area contributed by atoms with Crippen molar-refractivity contribution in [1.29, 1.82) is 0 Å². The van der Waals surface area contributed by atoms with Gasteiger partial charge in [0.2, 0.25) is 0 Å². The van der Waals surface area contributed by atoms with E-state index in [1.54, 1.807) is 13.8 Å². The normalized spacial score (nSPS) is 31.7. The molecule has 1 aliphatic carbocycles. The number of rotatable bonds is 2. The number of allylic oxidation sites excluding steroid dienone is 2. The highest BCUT2D eigenvalue weighted by Gasteiger charge is 2.49. The van der Waals surface area contributed by atoms with Crippen LogP contribution in [0.4, 0.5) is 0 Å². The molecule has 0 radical (unpaired) electrons. The summed E-state index contributed by atoms with van der Waals surface area (Å²) >= 11 is 0. The molecule has 2 unspecified atom stereocenters. The van der Waals surface area contributed by atoms with E-state index in [2.05, 4.69) is 0 Å². The van der Waals surface area contributed by atoms with Crippen LogP contribution in [0.2, 0.25) is 0 Å². The van der Waals surface area contributed by atoms with Crippen LogP contribution in [0, 0.1) is 22.0 Å². The number of hydrogen-bond donors (Lipinski definition) is 2. The van der Waals surface area contributed by atoms with Crippen LogP contribution in [-0.2, 0) is 0 Å². The smallest absolute Gasteiger partial charge is 0.301 e. The third kappa shape index (κ3) is 1.50. The third-order valence-electron chi connectivity index (χ3n) is 2.43. The Balaban J connectivity index is 3.13. The summed E-state index contributed by atoms with van der Waals surface area (Å²) in [5.74, 6) is -0.782. The fourth-order valence-electron chi connectivity index (χ4n) is 1.79. The van der Waals surface area contributed by atoms with Crippen LogP contribution in [0.5, 0.6) is 0 Å². The van der Waals surface area contributed by atoms with Crippen LogP contribution >= 0.6 is 0 Å². The summed E-state index contributed by atoms with van der Waals surface area (Å²) < 4.78 is 0. The van der Waals surface area contributed by atoms with Crippen molar-refractivity contribution >= 4 is 0 Å². The zero-order valence-electron chi connectivity index (χ0n) is 8.18. The van der Waals surface area contributed by atoms with E-state index in [0.29, 0.717) is 0 Å². The molecule has 0 saturated heterocycles. The van der Waals surface area contributed by atoms with Crippen molar-refractivity contribution in [2.45, 2.75) is 19.5 Å². The molecule has 0 amide bonds. The Bertz CT molecular complexity index is 309. The van der Waals surface area contributed by atoms with Gasteiger partial charge in [-0.15, -0.1) is 0 Å². The number of hydrogen-bond acceptors (Lipinski definition) is 4. The Morgan fingerprint density at radius 3 is 2.64 bits per heavy atom. The van der Waals surface area contributed by atoms with Gasteiger partial charge in [0.1, 0.15) is 11.7 Å². The lowest BCUT2D eigenvalue weighted by Gasteiger charge is -2.31. The van der Waals surface area contributed by atoms with Crippen molar-refractivity contribution in [3.05, 3.63) is 34.1 Å². The SMILES string of the molecule is CC(C)C1C(O)=CC=CC1(N)[N+](=O)[O-]. The van der Waals surface area contributed by atoms with Gasteiger partial charge in [-0.05, 0) is 12.0 Å². The Labute approximate surface area is 82.1 Å². The molecule has 1 rings (SSSR count). The predicted molar refractivity (Wildman–Crippen MR) is 52.1 cm³/mol. The Morgan fingerprint density at radius 2 is 2.29 bits per heavy atom. The number of nitrogens with two attached hydrogens (primary N) is 1. The molecule has 0 aromatic rings. The van der Waals surface area contributed by atoms with Gasteiger partial charge in [0.25, 0.3) is 0 Å². The third-order valence-corrected chi connectivity index (χ3v) is 2.43. The van der Waals surface area contributed by atoms with E-state index in [1.807, 2.05) is 0 Å². The van der Waals surface area contributed by atoms with Crippen molar-refractivity contribution in [2.75, 3.05) is 0 Å². The summed E-state index contributed by atoms with van der Waals surface area (Å²) in [4.78, 5) is 10.3. The maximum absolute atomic E-state index is 10.8. The molecule has 0 aliphatic heterocycles. The van der Waals surface area contributed by atoms with Crippen molar-refractivity contribution in [3.8, 4) is 0 Å². The Morgan fingerprint density at radius 1 is 1.71 bits per heavy atom. The second kappa shape index (κ2) is 3.42. The number of nitrogens with zero attached hydrogens (tertiary/aromatic N) is 1. The van der Waals surface area contributed by atoms with Crippen molar-refractivity contribution < 1.29 is 10.0 Å². The molecule has 78 valence electrons. The van der Waals surface area contributed by atoms with Crippen LogP contribution in [0.25, 0.3) is 0 Å². The van der Waals surface area contributed by atoms with E-state index in [-0.39, 0.29) is 11.7 Å². The first-order valence-electron chi connectivity index (χ1n) is 4.41. The number of nitro groups is 1. The first-order valence-corrected chi connectivity index (χ1v) is 4.41. The van der Waals surface area contributed by atoms with Crippen LogP contribution in [-0.4, -0.2) is 15.7 Å². The molecule has 0 aromatic carbocycles. The second-order valence-corrected chi connectivity index (χ2v) is 3.82. The first-order chi connectivity index (χ1) is 6.39. The Hall–Kier alpha value is -1.36. The molecular formula is C9H14N2O3. The van der Waals surface area contributed by atoms with Gasteiger partial charge in [0, 0.05) is 11.0 Å². The molecule has 2 atom stereocenters. The molecule has 0 saturated carbocycles. The highest BCUT2D eigenvalue weighted by atomic mass is 16.6. The average Bonchev–Trinajstić information content (AvgIpc) is 2.02. The highest BCUT2D eigenvalue weighted by Crippen LogP contribution is 2.33. The van der Waals surface area contributed by atoms with Gasteiger partial charge in [-0.25, -0.2) is 0 Å². The number of aliphatic hydroxyl groups excluding tert-OH is 1. The van der Waals surface area contributed by atoms with Crippen LogP contribution < -0.4 is 5.73 Å². The molecule has 5 heteroatoms. The summed E-state index contributed by atoms with van der Waals surface area (Å²) in [6.45, 7) is 3.58. The second-order valence-electron chi connectivity index (χ2n) is 3.82. The van der Waals surface area contributed by atoms with Gasteiger partial charge in [0.05, 0.1) is 0 Å². The van der Waals surface area contributed by atoms with Crippen LogP contribution in [0.3, 0.4) is 0 Å². The Kier molecular flexibility index (Phi) is 2.62. The quantitative estimate of drug-likeness (QED) is 0.396. The zero-order chi connectivity index (χ0) is 10.9. The molecule has 0 aromatic heterocycles. The van der Waals surface area contributed by atoms with Gasteiger partial charge in [-0.2, -0.15) is 0 Å². The maximum atomic E-state index is 10.8. The molecule has 1 aliphatic rings. The summed E-state index contributed by atoms with van der Waals surface area (Å²) in [7, 11) is 0. The topological polar surface area (TPSA) is 89.4 Å². The maximum Gasteiger partial charge on any atom is 0.301 e. The van der Waals surface area contributed by atoms with Gasteiger partial charge in [-0.1, -0.05) is 19.9 Å². The van der Waals surface area contributed by atoms with E-state index in [9.17, 15) is 15.2 Å². The summed E-state index contributed by atoms with van der Waals surface area (Å²) in [6.07, 6.45) is 4.17. The van der Waals surface area contributed by atoms with Gasteiger partial charge in [-0.3, -0.25) is 15.8 Å². The van der Waals surface area contributed by atoms with Gasteiger partial charge in [0.15, 0.2) is 0 Å². The molecule has 5 nitrogen and oxygen atoms in total. The van der Waals surface area contributed by atoms with Crippen molar-refractivity contribution in [3.63, 3.8) is 0 Å². The average molecular weight is 198 g/mol. The van der Waals surface area contributed by atoms with E-state index >= 15 is 0 Å². The molecule has 0 fully saturated rings. The lowest BCUT2D eigenvalue weighted by atomic mass is 9.80. The molecule has 0 spiro atoms. The predicted octanol–water partition coefficient (Wildman–Crippen LogP) is 1.20. The lowest BCUT2D eigenvalue weighted by molar-refractivity contribution is -0.565. The molecule has 3 N–H and O–H groups in total. The van der Waals surface area contributed by atoms with Crippen molar-refractivity contribution in [2.24, 2.45) is 17.6 Å². The largest absolute Gasteiger partial charge is 0.512 e. The van der Waals surface area contributed by atoms with Gasteiger partial charge >= 0.3 is 5.66 Å². The zero-order valence-corrected chi connectivity index (χ0v) is 8.18. The molecule has 0 heterocycles. The fourth-order valence-corrected chi connectivity index (χ4v) is 1.79. The molecule has 14 heavy (non-hydrogen) atoms. The molecule has 0 bridgehead atoms. The summed E-state index contributed by atoms with van der Waals surface area (Å²) in [6, 6.07) is 0. The minimum atomic E-state index is -1.69. The van der Waals surface area contributed by atoms with Crippen LogP contribution in [0.15, 0.2) is 24.0 Å². The van der Waals surface area contributed by atoms with E-state index in [0.717, 1.165) is 0 Å². The van der Waals surface area contributed by atoms with E-state index in [1.165, 1.54) is 18.2 Å². The monoisotopic (exact) mass is 198 g/mol. The highest BCUT2D eigenvalue weighted by molar-refractivity contribution is 5.24. The summed E-state index contributed by atoms with van der Waals surface area (Å²) in [5.41, 5.74) is 3.96. The van der Waals surface area contributed by atoms with Crippen molar-refractivity contribution in [1.82, 2.24) is 0 Å². The van der Waals surface area contributed by atoms with E-state index < -0.39 is 16.5 Å². The minimum Gasteiger partial charge on any atom is -0.512 e. The molecular weight excluding hydrogens is 184 g/mol. The standard InChI is InChI=1S/C9H14N2O3/c1-6(2)8-7(12)4-3-5-9(8,10)11(13)14/h3-6,8,12H,10H2,1-2H3.